The SMILES string of the molecule is COC(=O)c1cc([C@@](O)(CO)c2ccccc2)nc(-c2cc(Cl)c(F)cc2F)c1F. The second-order valence-corrected chi connectivity index (χ2v) is 6.75. The molecule has 0 bridgehead atoms. The van der Waals surface area contributed by atoms with E-state index >= 15 is 4.39 Å². The van der Waals surface area contributed by atoms with Crippen molar-refractivity contribution in [1.29, 1.82) is 0 Å². The van der Waals surface area contributed by atoms with Gasteiger partial charge in [-0.15, -0.1) is 0 Å². The van der Waals surface area contributed by atoms with Crippen LogP contribution in [0.3, 0.4) is 0 Å². The van der Waals surface area contributed by atoms with Crippen molar-refractivity contribution < 1.29 is 32.9 Å². The number of pyridine rings is 1. The number of ether oxygens (including phenoxy) is 1. The van der Waals surface area contributed by atoms with Gasteiger partial charge >= 0.3 is 5.97 Å². The third-order valence-corrected chi connectivity index (χ3v) is 4.82. The van der Waals surface area contributed by atoms with Crippen LogP contribution < -0.4 is 0 Å². The maximum atomic E-state index is 15.1. The Balaban J connectivity index is 2.35. The fraction of sp³-hybridized carbons (Fsp3) is 0.143. The molecular weight excluding hydrogens is 423 g/mol. The number of aliphatic hydroxyl groups is 2. The van der Waals surface area contributed by atoms with E-state index in [4.69, 9.17) is 11.6 Å². The zero-order valence-electron chi connectivity index (χ0n) is 15.5. The van der Waals surface area contributed by atoms with Crippen LogP contribution in [0.2, 0.25) is 5.02 Å². The van der Waals surface area contributed by atoms with Gasteiger partial charge in [-0.05, 0) is 17.7 Å². The lowest BCUT2D eigenvalue weighted by atomic mass is 9.89. The molecule has 5 nitrogen and oxygen atoms in total. The number of esters is 1. The number of carbonyl (C=O) groups excluding carboxylic acids is 1. The molecule has 0 unspecified atom stereocenters. The number of hydrogen-bond acceptors (Lipinski definition) is 5. The van der Waals surface area contributed by atoms with E-state index in [2.05, 4.69) is 9.72 Å². The van der Waals surface area contributed by atoms with Crippen molar-refractivity contribution in [2.75, 3.05) is 13.7 Å². The zero-order valence-corrected chi connectivity index (χ0v) is 16.3. The van der Waals surface area contributed by atoms with Crippen molar-refractivity contribution in [3.63, 3.8) is 0 Å². The first-order chi connectivity index (χ1) is 14.2. The van der Waals surface area contributed by atoms with Gasteiger partial charge in [0.15, 0.2) is 11.4 Å². The van der Waals surface area contributed by atoms with Gasteiger partial charge < -0.3 is 14.9 Å². The van der Waals surface area contributed by atoms with Gasteiger partial charge in [0.05, 0.1) is 30.0 Å². The molecule has 0 aliphatic heterocycles. The summed E-state index contributed by atoms with van der Waals surface area (Å²) < 4.78 is 47.6. The summed E-state index contributed by atoms with van der Waals surface area (Å²) in [6.07, 6.45) is 0. The summed E-state index contributed by atoms with van der Waals surface area (Å²) in [6, 6.07) is 9.95. The summed E-state index contributed by atoms with van der Waals surface area (Å²) in [5, 5.41) is 20.5. The molecule has 1 aromatic heterocycles. The van der Waals surface area contributed by atoms with E-state index in [-0.39, 0.29) is 11.3 Å². The highest BCUT2D eigenvalue weighted by Crippen LogP contribution is 2.35. The molecule has 0 saturated heterocycles. The van der Waals surface area contributed by atoms with Crippen LogP contribution in [-0.4, -0.2) is 34.9 Å². The average Bonchev–Trinajstić information content (AvgIpc) is 2.76. The van der Waals surface area contributed by atoms with Gasteiger partial charge in [0.2, 0.25) is 0 Å². The van der Waals surface area contributed by atoms with Gasteiger partial charge in [0.25, 0.3) is 0 Å². The lowest BCUT2D eigenvalue weighted by Crippen LogP contribution is -2.33. The number of nitrogens with zero attached hydrogens (tertiary/aromatic N) is 1. The third-order valence-electron chi connectivity index (χ3n) is 4.53. The molecule has 0 fully saturated rings. The Hall–Kier alpha value is -2.94. The maximum Gasteiger partial charge on any atom is 0.340 e. The Morgan fingerprint density at radius 2 is 1.80 bits per heavy atom. The first kappa shape index (κ1) is 21.8. The van der Waals surface area contributed by atoms with Crippen molar-refractivity contribution in [3.8, 4) is 11.3 Å². The molecule has 1 heterocycles. The zero-order chi connectivity index (χ0) is 22.1. The van der Waals surface area contributed by atoms with E-state index in [0.717, 1.165) is 19.2 Å². The van der Waals surface area contributed by atoms with E-state index in [1.165, 1.54) is 12.1 Å². The Labute approximate surface area is 174 Å². The number of hydrogen-bond donors (Lipinski definition) is 2. The van der Waals surface area contributed by atoms with Crippen LogP contribution in [0.15, 0.2) is 48.5 Å². The van der Waals surface area contributed by atoms with Gasteiger partial charge in [-0.2, -0.15) is 0 Å². The van der Waals surface area contributed by atoms with Crippen molar-refractivity contribution in [2.45, 2.75) is 5.60 Å². The molecule has 0 aliphatic carbocycles. The van der Waals surface area contributed by atoms with Crippen LogP contribution in [-0.2, 0) is 10.3 Å². The van der Waals surface area contributed by atoms with Crippen LogP contribution in [0.1, 0.15) is 21.6 Å². The molecule has 2 N–H and O–H groups in total. The fourth-order valence-electron chi connectivity index (χ4n) is 2.92. The summed E-state index contributed by atoms with van der Waals surface area (Å²) in [6.45, 7) is -0.887. The number of halogens is 4. The van der Waals surface area contributed by atoms with Crippen LogP contribution in [0.25, 0.3) is 11.3 Å². The van der Waals surface area contributed by atoms with Crippen LogP contribution in [0, 0.1) is 17.5 Å². The van der Waals surface area contributed by atoms with E-state index < -0.39 is 57.5 Å². The first-order valence-electron chi connectivity index (χ1n) is 8.56. The quantitative estimate of drug-likeness (QED) is 0.468. The van der Waals surface area contributed by atoms with Crippen molar-refractivity contribution in [3.05, 3.63) is 87.8 Å². The van der Waals surface area contributed by atoms with Crippen LogP contribution in [0.5, 0.6) is 0 Å². The van der Waals surface area contributed by atoms with Crippen molar-refractivity contribution >= 4 is 17.6 Å². The largest absolute Gasteiger partial charge is 0.465 e. The summed E-state index contributed by atoms with van der Waals surface area (Å²) in [5.74, 6) is -4.65. The maximum absolute atomic E-state index is 15.1. The molecule has 3 aromatic rings. The molecule has 156 valence electrons. The van der Waals surface area contributed by atoms with E-state index in [1.54, 1.807) is 18.2 Å². The fourth-order valence-corrected chi connectivity index (χ4v) is 3.08. The molecule has 30 heavy (non-hydrogen) atoms. The smallest absolute Gasteiger partial charge is 0.340 e. The monoisotopic (exact) mass is 437 g/mol. The highest BCUT2D eigenvalue weighted by molar-refractivity contribution is 6.31. The minimum atomic E-state index is -2.16. The minimum Gasteiger partial charge on any atom is -0.465 e. The summed E-state index contributed by atoms with van der Waals surface area (Å²) in [5.41, 5.74) is -4.25. The summed E-state index contributed by atoms with van der Waals surface area (Å²) >= 11 is 5.70. The van der Waals surface area contributed by atoms with E-state index in [9.17, 15) is 23.8 Å². The van der Waals surface area contributed by atoms with Crippen LogP contribution in [0.4, 0.5) is 13.2 Å². The predicted octanol–water partition coefficient (Wildman–Crippen LogP) is 3.83. The molecule has 0 saturated carbocycles. The normalized spacial score (nSPS) is 13.0. The predicted molar refractivity (Wildman–Crippen MR) is 102 cm³/mol. The first-order valence-corrected chi connectivity index (χ1v) is 8.93. The average molecular weight is 438 g/mol. The molecule has 0 radical (unpaired) electrons. The molecule has 3 rings (SSSR count). The Bertz CT molecular complexity index is 1110. The number of methoxy groups -OCH3 is 1. The molecule has 1 atom stereocenters. The van der Waals surface area contributed by atoms with Gasteiger partial charge in [-0.3, -0.25) is 0 Å². The molecule has 0 spiro atoms. The third kappa shape index (κ3) is 3.77. The Kier molecular flexibility index (Phi) is 6.12. The number of rotatable bonds is 5. The number of aliphatic hydroxyl groups excluding tert-OH is 1. The standard InChI is InChI=1S/C21H15ClF3NO4/c1-30-20(28)13-8-17(21(29,10-27)11-5-3-2-4-6-11)26-19(18(13)25)12-7-14(22)16(24)9-15(12)23/h2-9,27,29H,10H2,1H3/t21-/m1/s1. The van der Waals surface area contributed by atoms with E-state index in [1.807, 2.05) is 0 Å². The number of benzene rings is 2. The molecule has 0 aliphatic rings. The topological polar surface area (TPSA) is 79.7 Å². The minimum absolute atomic E-state index is 0.186. The highest BCUT2D eigenvalue weighted by atomic mass is 35.5. The van der Waals surface area contributed by atoms with Gasteiger partial charge in [0, 0.05) is 11.6 Å². The molecular formula is C21H15ClF3NO4. The summed E-state index contributed by atoms with van der Waals surface area (Å²) in [4.78, 5) is 16.1. The lowest BCUT2D eigenvalue weighted by Gasteiger charge is -2.27. The Morgan fingerprint density at radius 1 is 1.13 bits per heavy atom. The number of aromatic nitrogens is 1. The van der Waals surface area contributed by atoms with Gasteiger partial charge in [-0.25, -0.2) is 22.9 Å². The van der Waals surface area contributed by atoms with E-state index in [0.29, 0.717) is 6.07 Å². The van der Waals surface area contributed by atoms with Gasteiger partial charge in [-0.1, -0.05) is 41.9 Å². The van der Waals surface area contributed by atoms with Gasteiger partial charge in [0.1, 0.15) is 17.3 Å². The molecule has 9 heteroatoms. The van der Waals surface area contributed by atoms with Crippen molar-refractivity contribution in [2.24, 2.45) is 0 Å². The Morgan fingerprint density at radius 3 is 2.40 bits per heavy atom. The highest BCUT2D eigenvalue weighted by Gasteiger charge is 2.35. The summed E-state index contributed by atoms with van der Waals surface area (Å²) in [7, 11) is 1.01. The van der Waals surface area contributed by atoms with Crippen molar-refractivity contribution in [1.82, 2.24) is 4.98 Å². The van der Waals surface area contributed by atoms with Crippen LogP contribution >= 0.6 is 11.6 Å². The molecule has 0 amide bonds. The second-order valence-electron chi connectivity index (χ2n) is 6.34. The molecule has 2 aromatic carbocycles. The lowest BCUT2D eigenvalue weighted by molar-refractivity contribution is 0.0136. The number of carbonyl (C=O) groups is 1. The second kappa shape index (κ2) is 8.43.